The summed E-state index contributed by atoms with van der Waals surface area (Å²) in [6.45, 7) is 6.06. The Labute approximate surface area is 166 Å². The topological polar surface area (TPSA) is 95.7 Å². The molecule has 2 aromatic carbocycles. The molecule has 0 atom stereocenters. The fourth-order valence-electron chi connectivity index (χ4n) is 3.18. The molecule has 7 nitrogen and oxygen atoms in total. The van der Waals surface area contributed by atoms with Gasteiger partial charge in [-0.05, 0) is 36.8 Å². The molecule has 0 bridgehead atoms. The van der Waals surface area contributed by atoms with Crippen LogP contribution in [0.2, 0.25) is 0 Å². The SMILES string of the molecule is Cc1ccc(CNC(=O)CN2CCN(c3ccc(S(N)(=O)=O)cc3)CC2)cc1. The van der Waals surface area contributed by atoms with Crippen LogP contribution in [0.4, 0.5) is 5.69 Å². The molecular weight excluding hydrogens is 376 g/mol. The first-order valence-corrected chi connectivity index (χ1v) is 10.8. The van der Waals surface area contributed by atoms with E-state index in [2.05, 4.69) is 15.1 Å². The molecular formula is C20H26N4O3S. The largest absolute Gasteiger partial charge is 0.369 e. The molecule has 0 radical (unpaired) electrons. The Morgan fingerprint density at radius 2 is 1.61 bits per heavy atom. The van der Waals surface area contributed by atoms with E-state index in [1.54, 1.807) is 12.1 Å². The van der Waals surface area contributed by atoms with Gasteiger partial charge in [0.05, 0.1) is 11.4 Å². The lowest BCUT2D eigenvalue weighted by atomic mass is 10.1. The molecule has 0 aliphatic carbocycles. The number of hydrogen-bond donors (Lipinski definition) is 2. The lowest BCUT2D eigenvalue weighted by Gasteiger charge is -2.35. The van der Waals surface area contributed by atoms with Gasteiger partial charge in [0.25, 0.3) is 0 Å². The second-order valence-corrected chi connectivity index (χ2v) is 8.63. The van der Waals surface area contributed by atoms with E-state index in [0.717, 1.165) is 37.4 Å². The number of carbonyl (C=O) groups is 1. The quantitative estimate of drug-likeness (QED) is 0.754. The van der Waals surface area contributed by atoms with Crippen molar-refractivity contribution < 1.29 is 13.2 Å². The molecule has 1 saturated heterocycles. The van der Waals surface area contributed by atoms with E-state index >= 15 is 0 Å². The van der Waals surface area contributed by atoms with E-state index in [-0.39, 0.29) is 10.8 Å². The van der Waals surface area contributed by atoms with Gasteiger partial charge in [0, 0.05) is 38.4 Å². The Hall–Kier alpha value is -2.42. The molecule has 1 fully saturated rings. The van der Waals surface area contributed by atoms with Gasteiger partial charge in [-0.25, -0.2) is 13.6 Å². The maximum absolute atomic E-state index is 12.2. The fourth-order valence-corrected chi connectivity index (χ4v) is 3.69. The number of primary sulfonamides is 1. The Bertz CT molecular complexity index is 903. The van der Waals surface area contributed by atoms with Crippen LogP contribution >= 0.6 is 0 Å². The minimum absolute atomic E-state index is 0.0199. The van der Waals surface area contributed by atoms with E-state index < -0.39 is 10.0 Å². The molecule has 8 heteroatoms. The first kappa shape index (κ1) is 20.3. The van der Waals surface area contributed by atoms with E-state index in [0.29, 0.717) is 13.1 Å². The van der Waals surface area contributed by atoms with Crippen molar-refractivity contribution >= 4 is 21.6 Å². The number of nitrogens with zero attached hydrogens (tertiary/aromatic N) is 2. The van der Waals surface area contributed by atoms with Crippen molar-refractivity contribution in [3.05, 3.63) is 59.7 Å². The third-order valence-corrected chi connectivity index (χ3v) is 5.81. The highest BCUT2D eigenvalue weighted by molar-refractivity contribution is 7.89. The lowest BCUT2D eigenvalue weighted by Crippen LogP contribution is -2.49. The molecule has 1 aliphatic rings. The predicted molar refractivity (Wildman–Crippen MR) is 109 cm³/mol. The Morgan fingerprint density at radius 3 is 2.18 bits per heavy atom. The summed E-state index contributed by atoms with van der Waals surface area (Å²) in [6.07, 6.45) is 0. The number of hydrogen-bond acceptors (Lipinski definition) is 5. The van der Waals surface area contributed by atoms with Crippen LogP contribution in [-0.2, 0) is 21.4 Å². The number of amides is 1. The molecule has 3 N–H and O–H groups in total. The number of anilines is 1. The number of benzene rings is 2. The third kappa shape index (κ3) is 5.54. The van der Waals surface area contributed by atoms with E-state index in [4.69, 9.17) is 5.14 Å². The second kappa shape index (κ2) is 8.72. The van der Waals surface area contributed by atoms with Crippen LogP contribution in [0.1, 0.15) is 11.1 Å². The van der Waals surface area contributed by atoms with E-state index in [9.17, 15) is 13.2 Å². The number of nitrogens with two attached hydrogens (primary N) is 1. The Morgan fingerprint density at radius 1 is 1.00 bits per heavy atom. The van der Waals surface area contributed by atoms with Crippen LogP contribution in [0.5, 0.6) is 0 Å². The summed E-state index contributed by atoms with van der Waals surface area (Å²) in [4.78, 5) is 16.6. The van der Waals surface area contributed by atoms with Gasteiger partial charge in [-0.3, -0.25) is 9.69 Å². The zero-order valence-electron chi connectivity index (χ0n) is 16.0. The van der Waals surface area contributed by atoms with Crippen molar-refractivity contribution in [1.29, 1.82) is 0 Å². The molecule has 28 heavy (non-hydrogen) atoms. The van der Waals surface area contributed by atoms with Crippen LogP contribution in [0.3, 0.4) is 0 Å². The summed E-state index contributed by atoms with van der Waals surface area (Å²) < 4.78 is 22.7. The third-order valence-electron chi connectivity index (χ3n) is 4.88. The molecule has 0 aromatic heterocycles. The van der Waals surface area contributed by atoms with Gasteiger partial charge >= 0.3 is 0 Å². The molecule has 1 aliphatic heterocycles. The van der Waals surface area contributed by atoms with Crippen LogP contribution in [0.15, 0.2) is 53.4 Å². The van der Waals surface area contributed by atoms with Crippen LogP contribution in [0, 0.1) is 6.92 Å². The highest BCUT2D eigenvalue weighted by atomic mass is 32.2. The Balaban J connectivity index is 1.44. The Kier molecular flexibility index (Phi) is 6.33. The van der Waals surface area contributed by atoms with E-state index in [1.807, 2.05) is 31.2 Å². The molecule has 0 spiro atoms. The van der Waals surface area contributed by atoms with Crippen molar-refractivity contribution in [3.63, 3.8) is 0 Å². The first-order valence-electron chi connectivity index (χ1n) is 9.24. The predicted octanol–water partition coefficient (Wildman–Crippen LogP) is 1.08. The molecule has 150 valence electrons. The number of sulfonamides is 1. The van der Waals surface area contributed by atoms with Crippen molar-refractivity contribution in [1.82, 2.24) is 10.2 Å². The number of carbonyl (C=O) groups excluding carboxylic acids is 1. The van der Waals surface area contributed by atoms with Gasteiger partial charge in [-0.2, -0.15) is 0 Å². The summed E-state index contributed by atoms with van der Waals surface area (Å²) in [6, 6.07) is 14.7. The summed E-state index contributed by atoms with van der Waals surface area (Å²) in [5.74, 6) is 0.0199. The summed E-state index contributed by atoms with van der Waals surface area (Å²) in [5, 5.41) is 8.10. The molecule has 1 heterocycles. The van der Waals surface area contributed by atoms with Crippen molar-refractivity contribution in [2.75, 3.05) is 37.6 Å². The molecule has 0 unspecified atom stereocenters. The number of piperazine rings is 1. The van der Waals surface area contributed by atoms with Gasteiger partial charge in [0.2, 0.25) is 15.9 Å². The van der Waals surface area contributed by atoms with Gasteiger partial charge in [0.1, 0.15) is 0 Å². The zero-order chi connectivity index (χ0) is 20.1. The summed E-state index contributed by atoms with van der Waals surface area (Å²) in [5.41, 5.74) is 3.25. The first-order chi connectivity index (χ1) is 13.3. The van der Waals surface area contributed by atoms with Crippen LogP contribution in [-0.4, -0.2) is 51.9 Å². The van der Waals surface area contributed by atoms with Gasteiger partial charge in [-0.1, -0.05) is 29.8 Å². The molecule has 1 amide bonds. The van der Waals surface area contributed by atoms with Crippen molar-refractivity contribution in [2.24, 2.45) is 5.14 Å². The molecule has 2 aromatic rings. The number of rotatable bonds is 6. The van der Waals surface area contributed by atoms with E-state index in [1.165, 1.54) is 17.7 Å². The number of aryl methyl sites for hydroxylation is 1. The highest BCUT2D eigenvalue weighted by Gasteiger charge is 2.19. The standard InChI is InChI=1S/C20H26N4O3S/c1-16-2-4-17(5-3-16)14-22-20(25)15-23-10-12-24(13-11-23)18-6-8-19(9-7-18)28(21,26)27/h2-9H,10-15H2,1H3,(H,22,25)(H2,21,26,27). The normalized spacial score (nSPS) is 15.4. The number of nitrogens with one attached hydrogen (secondary N) is 1. The molecule has 0 saturated carbocycles. The van der Waals surface area contributed by atoms with Gasteiger partial charge in [0.15, 0.2) is 0 Å². The maximum atomic E-state index is 12.2. The van der Waals surface area contributed by atoms with Crippen molar-refractivity contribution in [3.8, 4) is 0 Å². The van der Waals surface area contributed by atoms with Crippen LogP contribution < -0.4 is 15.4 Å². The maximum Gasteiger partial charge on any atom is 0.238 e. The fraction of sp³-hybridized carbons (Fsp3) is 0.350. The second-order valence-electron chi connectivity index (χ2n) is 7.06. The average Bonchev–Trinajstić information content (AvgIpc) is 2.68. The smallest absolute Gasteiger partial charge is 0.238 e. The average molecular weight is 403 g/mol. The zero-order valence-corrected chi connectivity index (χ0v) is 16.8. The summed E-state index contributed by atoms with van der Waals surface area (Å²) in [7, 11) is -3.67. The highest BCUT2D eigenvalue weighted by Crippen LogP contribution is 2.19. The van der Waals surface area contributed by atoms with Crippen LogP contribution in [0.25, 0.3) is 0 Å². The van der Waals surface area contributed by atoms with Gasteiger partial charge in [-0.15, -0.1) is 0 Å². The van der Waals surface area contributed by atoms with Crippen molar-refractivity contribution in [2.45, 2.75) is 18.4 Å². The summed E-state index contributed by atoms with van der Waals surface area (Å²) >= 11 is 0. The lowest BCUT2D eigenvalue weighted by molar-refractivity contribution is -0.122. The minimum Gasteiger partial charge on any atom is -0.369 e. The molecule has 3 rings (SSSR count). The van der Waals surface area contributed by atoms with Gasteiger partial charge < -0.3 is 10.2 Å². The minimum atomic E-state index is -3.67. The monoisotopic (exact) mass is 402 g/mol.